The van der Waals surface area contributed by atoms with Gasteiger partial charge in [-0.3, -0.25) is 0 Å². The molecule has 0 radical (unpaired) electrons. The smallest absolute Gasteiger partial charge is 0.146 e. The zero-order chi connectivity index (χ0) is 14.1. The van der Waals surface area contributed by atoms with E-state index in [1.807, 2.05) is 31.2 Å². The van der Waals surface area contributed by atoms with Gasteiger partial charge in [0, 0.05) is 0 Å². The Morgan fingerprint density at radius 1 is 1.20 bits per heavy atom. The topological polar surface area (TPSA) is 21.3 Å². The number of aryl methyl sites for hydroxylation is 2. The van der Waals surface area contributed by atoms with Gasteiger partial charge < -0.3 is 10.1 Å². The van der Waals surface area contributed by atoms with Crippen molar-refractivity contribution in [2.45, 2.75) is 25.8 Å². The first kappa shape index (κ1) is 13.0. The van der Waals surface area contributed by atoms with Crippen molar-refractivity contribution in [3.63, 3.8) is 0 Å². The highest BCUT2D eigenvalue weighted by Gasteiger charge is 2.23. The molecular weight excluding hydrogens is 253 g/mol. The second kappa shape index (κ2) is 5.16. The predicted molar refractivity (Wildman–Crippen MR) is 78.8 cm³/mol. The van der Waals surface area contributed by atoms with Crippen LogP contribution in [0, 0.1) is 12.7 Å². The first-order valence-electron chi connectivity index (χ1n) is 6.87. The summed E-state index contributed by atoms with van der Waals surface area (Å²) in [7, 11) is 1.67. The fourth-order valence-corrected chi connectivity index (χ4v) is 2.78. The largest absolute Gasteiger partial charge is 0.497 e. The number of nitrogens with one attached hydrogen (secondary N) is 1. The van der Waals surface area contributed by atoms with Gasteiger partial charge in [0.2, 0.25) is 0 Å². The van der Waals surface area contributed by atoms with E-state index in [4.69, 9.17) is 4.74 Å². The zero-order valence-corrected chi connectivity index (χ0v) is 11.7. The minimum Gasteiger partial charge on any atom is -0.497 e. The highest BCUT2D eigenvalue weighted by molar-refractivity contribution is 5.51. The van der Waals surface area contributed by atoms with Crippen molar-refractivity contribution in [2.75, 3.05) is 12.4 Å². The molecule has 1 unspecified atom stereocenters. The Morgan fingerprint density at radius 3 is 2.80 bits per heavy atom. The molecule has 0 spiro atoms. The van der Waals surface area contributed by atoms with Gasteiger partial charge in [-0.15, -0.1) is 0 Å². The zero-order valence-electron chi connectivity index (χ0n) is 11.7. The number of fused-ring (bicyclic) bond motifs is 1. The summed E-state index contributed by atoms with van der Waals surface area (Å²) in [6.45, 7) is 1.89. The molecule has 0 saturated carbocycles. The summed E-state index contributed by atoms with van der Waals surface area (Å²) in [5.41, 5.74) is 4.03. The van der Waals surface area contributed by atoms with Crippen LogP contribution in [-0.4, -0.2) is 7.11 Å². The molecule has 0 aromatic heterocycles. The summed E-state index contributed by atoms with van der Waals surface area (Å²) in [6.07, 6.45) is 2.00. The van der Waals surface area contributed by atoms with Gasteiger partial charge in [-0.05, 0) is 60.7 Å². The van der Waals surface area contributed by atoms with E-state index >= 15 is 0 Å². The fraction of sp³-hybridized carbons (Fsp3) is 0.294. The molecular formula is C17H18FNO. The number of hydrogen-bond acceptors (Lipinski definition) is 2. The molecule has 2 nitrogen and oxygen atoms in total. The van der Waals surface area contributed by atoms with E-state index in [0.717, 1.165) is 24.2 Å². The number of halogens is 1. The van der Waals surface area contributed by atoms with E-state index in [0.29, 0.717) is 5.69 Å². The number of hydrogen-bond donors (Lipinski definition) is 1. The van der Waals surface area contributed by atoms with Crippen molar-refractivity contribution in [1.29, 1.82) is 0 Å². The second-order valence-electron chi connectivity index (χ2n) is 5.28. The highest BCUT2D eigenvalue weighted by Crippen LogP contribution is 2.36. The van der Waals surface area contributed by atoms with Crippen LogP contribution in [0.1, 0.15) is 29.2 Å². The first-order chi connectivity index (χ1) is 9.67. The van der Waals surface area contributed by atoms with Crippen LogP contribution in [0.5, 0.6) is 5.75 Å². The van der Waals surface area contributed by atoms with Crippen LogP contribution in [0.2, 0.25) is 0 Å². The second-order valence-corrected chi connectivity index (χ2v) is 5.28. The van der Waals surface area contributed by atoms with Crippen LogP contribution >= 0.6 is 0 Å². The molecule has 0 fully saturated rings. The Morgan fingerprint density at radius 2 is 2.05 bits per heavy atom. The third kappa shape index (κ3) is 2.36. The van der Waals surface area contributed by atoms with Gasteiger partial charge in [0.25, 0.3) is 0 Å². The van der Waals surface area contributed by atoms with Gasteiger partial charge in [-0.2, -0.15) is 0 Å². The molecule has 0 heterocycles. The third-order valence-electron chi connectivity index (χ3n) is 3.89. The Balaban J connectivity index is 1.87. The van der Waals surface area contributed by atoms with E-state index < -0.39 is 0 Å². The van der Waals surface area contributed by atoms with Crippen molar-refractivity contribution < 1.29 is 9.13 Å². The van der Waals surface area contributed by atoms with Crippen molar-refractivity contribution >= 4 is 5.69 Å². The van der Waals surface area contributed by atoms with Crippen molar-refractivity contribution in [3.05, 3.63) is 58.9 Å². The lowest BCUT2D eigenvalue weighted by molar-refractivity contribution is 0.414. The lowest BCUT2D eigenvalue weighted by Gasteiger charge is -2.17. The van der Waals surface area contributed by atoms with Crippen molar-refractivity contribution in [2.24, 2.45) is 0 Å². The van der Waals surface area contributed by atoms with Gasteiger partial charge in [0.1, 0.15) is 11.6 Å². The Hall–Kier alpha value is -2.03. The van der Waals surface area contributed by atoms with Crippen LogP contribution in [0.4, 0.5) is 10.1 Å². The van der Waals surface area contributed by atoms with Gasteiger partial charge in [-0.25, -0.2) is 4.39 Å². The molecule has 0 saturated heterocycles. The first-order valence-corrected chi connectivity index (χ1v) is 6.87. The lowest BCUT2D eigenvalue weighted by Crippen LogP contribution is -2.08. The van der Waals surface area contributed by atoms with Crippen LogP contribution < -0.4 is 10.1 Å². The lowest BCUT2D eigenvalue weighted by atomic mass is 10.1. The summed E-state index contributed by atoms with van der Waals surface area (Å²) in [4.78, 5) is 0. The molecule has 1 atom stereocenters. The maximum atomic E-state index is 13.9. The number of anilines is 1. The summed E-state index contributed by atoms with van der Waals surface area (Å²) < 4.78 is 19.2. The molecule has 2 aromatic rings. The van der Waals surface area contributed by atoms with E-state index in [1.165, 1.54) is 11.1 Å². The van der Waals surface area contributed by atoms with Crippen LogP contribution in [0.25, 0.3) is 0 Å². The average molecular weight is 271 g/mol. The van der Waals surface area contributed by atoms with Crippen molar-refractivity contribution in [3.8, 4) is 5.75 Å². The highest BCUT2D eigenvalue weighted by atomic mass is 19.1. The molecule has 2 aromatic carbocycles. The maximum Gasteiger partial charge on any atom is 0.146 e. The molecule has 0 bridgehead atoms. The number of rotatable bonds is 3. The average Bonchev–Trinajstić information content (AvgIpc) is 2.84. The standard InChI is InChI=1S/C17H18FNO/c1-11-3-7-17(15(18)9-11)19-16-8-5-12-4-6-13(20-2)10-14(12)16/h3-4,6-7,9-10,16,19H,5,8H2,1-2H3. The normalized spacial score (nSPS) is 16.9. The van der Waals surface area contributed by atoms with Crippen LogP contribution in [-0.2, 0) is 6.42 Å². The van der Waals surface area contributed by atoms with Crippen molar-refractivity contribution in [1.82, 2.24) is 0 Å². The monoisotopic (exact) mass is 271 g/mol. The summed E-state index contributed by atoms with van der Waals surface area (Å²) in [6, 6.07) is 11.6. The summed E-state index contributed by atoms with van der Waals surface area (Å²) in [5.74, 6) is 0.656. The molecule has 1 aliphatic rings. The molecule has 3 rings (SSSR count). The number of methoxy groups -OCH3 is 1. The van der Waals surface area contributed by atoms with Crippen LogP contribution in [0.3, 0.4) is 0 Å². The molecule has 104 valence electrons. The minimum absolute atomic E-state index is 0.150. The van der Waals surface area contributed by atoms with Gasteiger partial charge in [0.15, 0.2) is 0 Å². The van der Waals surface area contributed by atoms with Gasteiger partial charge >= 0.3 is 0 Å². The third-order valence-corrected chi connectivity index (χ3v) is 3.89. The predicted octanol–water partition coefficient (Wildman–Crippen LogP) is 4.24. The number of ether oxygens (including phenoxy) is 1. The van der Waals surface area contributed by atoms with E-state index in [9.17, 15) is 4.39 Å². The Bertz CT molecular complexity index is 639. The Kier molecular flexibility index (Phi) is 3.35. The van der Waals surface area contributed by atoms with Gasteiger partial charge in [-0.1, -0.05) is 12.1 Å². The SMILES string of the molecule is COc1ccc2c(c1)C(Nc1ccc(C)cc1F)CC2. The maximum absolute atomic E-state index is 13.9. The minimum atomic E-state index is -0.193. The quantitative estimate of drug-likeness (QED) is 0.901. The summed E-state index contributed by atoms with van der Waals surface area (Å²) in [5, 5.41) is 3.31. The molecule has 3 heteroatoms. The molecule has 0 aliphatic heterocycles. The van der Waals surface area contributed by atoms with Gasteiger partial charge in [0.05, 0.1) is 18.8 Å². The van der Waals surface area contributed by atoms with Crippen LogP contribution in [0.15, 0.2) is 36.4 Å². The molecule has 0 amide bonds. The number of benzene rings is 2. The summed E-state index contributed by atoms with van der Waals surface area (Å²) >= 11 is 0. The molecule has 1 N–H and O–H groups in total. The molecule has 20 heavy (non-hydrogen) atoms. The van der Waals surface area contributed by atoms with E-state index in [2.05, 4.69) is 11.4 Å². The van der Waals surface area contributed by atoms with E-state index in [-0.39, 0.29) is 11.9 Å². The van der Waals surface area contributed by atoms with E-state index in [1.54, 1.807) is 13.2 Å². The Labute approximate surface area is 118 Å². The molecule has 1 aliphatic carbocycles. The fourth-order valence-electron chi connectivity index (χ4n) is 2.78.